The Balaban J connectivity index is 1.51. The molecule has 0 spiro atoms. The summed E-state index contributed by atoms with van der Waals surface area (Å²) in [4.78, 5) is 19.8. The molecule has 0 bridgehead atoms. The Morgan fingerprint density at radius 3 is 2.80 bits per heavy atom. The molecule has 1 aromatic heterocycles. The Labute approximate surface area is 147 Å². The predicted molar refractivity (Wildman–Crippen MR) is 91.6 cm³/mol. The average Bonchev–Trinajstić information content (AvgIpc) is 2.64. The first-order chi connectivity index (χ1) is 12.1. The molecule has 0 radical (unpaired) electrons. The van der Waals surface area contributed by atoms with E-state index in [0.717, 1.165) is 25.7 Å². The van der Waals surface area contributed by atoms with Gasteiger partial charge in [0.15, 0.2) is 0 Å². The predicted octanol–water partition coefficient (Wildman–Crippen LogP) is 0.00760. The first kappa shape index (κ1) is 18.2. The molecular weight excluding hydrogens is 322 g/mol. The number of nitrogens with zero attached hydrogens (tertiary/aromatic N) is 2. The number of hydrogen-bond donors (Lipinski definition) is 4. The molecule has 1 aliphatic carbocycles. The normalized spacial score (nSPS) is 33.0. The highest BCUT2D eigenvalue weighted by molar-refractivity contribution is 5.93. The lowest BCUT2D eigenvalue weighted by atomic mass is 9.84. The SMILES string of the molecule is C[C@@H]1CC[C@@H](NC2COCCC2NNC(=O)c2cncnc2)C[C@H]1O. The molecule has 8 heteroatoms. The molecule has 2 heterocycles. The number of aliphatic hydroxyl groups is 1. The third-order valence-corrected chi connectivity index (χ3v) is 5.15. The maximum Gasteiger partial charge on any atom is 0.268 e. The first-order valence-electron chi connectivity index (χ1n) is 8.96. The summed E-state index contributed by atoms with van der Waals surface area (Å²) in [5.41, 5.74) is 6.27. The van der Waals surface area contributed by atoms with Gasteiger partial charge < -0.3 is 15.2 Å². The summed E-state index contributed by atoms with van der Waals surface area (Å²) in [6, 6.07) is 0.436. The summed E-state index contributed by atoms with van der Waals surface area (Å²) in [6.45, 7) is 3.34. The average molecular weight is 349 g/mol. The zero-order chi connectivity index (χ0) is 17.6. The van der Waals surface area contributed by atoms with Crippen LogP contribution in [0.25, 0.3) is 0 Å². The minimum Gasteiger partial charge on any atom is -0.393 e. The van der Waals surface area contributed by atoms with Crippen molar-refractivity contribution >= 4 is 5.91 Å². The Morgan fingerprint density at radius 1 is 1.24 bits per heavy atom. The van der Waals surface area contributed by atoms with Crippen molar-refractivity contribution in [1.29, 1.82) is 0 Å². The van der Waals surface area contributed by atoms with Gasteiger partial charge in [0.25, 0.3) is 5.91 Å². The standard InChI is InChI=1S/C17H27N5O3/c1-11-2-3-13(6-16(11)23)20-15-9-25-5-4-14(15)21-22-17(24)12-7-18-10-19-8-12/h7-8,10-11,13-16,20-21,23H,2-6,9H2,1H3,(H,22,24)/t11-,13-,14?,15?,16-/m1/s1. The van der Waals surface area contributed by atoms with E-state index in [1.165, 1.54) is 18.7 Å². The van der Waals surface area contributed by atoms with Crippen LogP contribution in [-0.4, -0.2) is 58.4 Å². The van der Waals surface area contributed by atoms with Gasteiger partial charge in [-0.1, -0.05) is 6.92 Å². The second-order valence-electron chi connectivity index (χ2n) is 7.02. The Kier molecular flexibility index (Phi) is 6.30. The molecule has 0 aromatic carbocycles. The monoisotopic (exact) mass is 349 g/mol. The Bertz CT molecular complexity index is 558. The lowest BCUT2D eigenvalue weighted by Gasteiger charge is -2.38. The van der Waals surface area contributed by atoms with Crippen LogP contribution >= 0.6 is 0 Å². The lowest BCUT2D eigenvalue weighted by Crippen LogP contribution is -2.60. The molecule has 1 amide bonds. The summed E-state index contributed by atoms with van der Waals surface area (Å²) < 4.78 is 5.60. The number of carbonyl (C=O) groups excluding carboxylic acids is 1. The van der Waals surface area contributed by atoms with E-state index in [-0.39, 0.29) is 30.1 Å². The zero-order valence-corrected chi connectivity index (χ0v) is 14.5. The van der Waals surface area contributed by atoms with Gasteiger partial charge in [0.1, 0.15) is 6.33 Å². The smallest absolute Gasteiger partial charge is 0.268 e. The lowest BCUT2D eigenvalue weighted by molar-refractivity contribution is 0.0234. The minimum absolute atomic E-state index is 0.0684. The molecule has 1 aromatic rings. The molecule has 2 unspecified atom stereocenters. The molecule has 8 nitrogen and oxygen atoms in total. The largest absolute Gasteiger partial charge is 0.393 e. The maximum absolute atomic E-state index is 12.1. The van der Waals surface area contributed by atoms with Crippen molar-refractivity contribution in [1.82, 2.24) is 26.1 Å². The Hall–Kier alpha value is -1.61. The zero-order valence-electron chi connectivity index (χ0n) is 14.5. The van der Waals surface area contributed by atoms with Gasteiger partial charge in [-0.2, -0.15) is 0 Å². The minimum atomic E-state index is -0.257. The second-order valence-corrected chi connectivity index (χ2v) is 7.02. The third-order valence-electron chi connectivity index (χ3n) is 5.15. The van der Waals surface area contributed by atoms with E-state index >= 15 is 0 Å². The molecule has 25 heavy (non-hydrogen) atoms. The number of hydrazine groups is 1. The van der Waals surface area contributed by atoms with E-state index in [0.29, 0.717) is 24.7 Å². The highest BCUT2D eigenvalue weighted by Gasteiger charge is 2.32. The molecule has 1 aliphatic heterocycles. The number of aliphatic hydroxyl groups excluding tert-OH is 1. The van der Waals surface area contributed by atoms with Crippen LogP contribution in [0.1, 0.15) is 43.0 Å². The fraction of sp³-hybridized carbons (Fsp3) is 0.706. The highest BCUT2D eigenvalue weighted by atomic mass is 16.5. The van der Waals surface area contributed by atoms with Crippen molar-refractivity contribution in [3.8, 4) is 0 Å². The molecule has 1 saturated carbocycles. The molecule has 4 N–H and O–H groups in total. The van der Waals surface area contributed by atoms with E-state index in [1.807, 2.05) is 0 Å². The first-order valence-corrected chi connectivity index (χ1v) is 8.96. The molecule has 1 saturated heterocycles. The molecule has 138 valence electrons. The van der Waals surface area contributed by atoms with Crippen molar-refractivity contribution in [2.75, 3.05) is 13.2 Å². The van der Waals surface area contributed by atoms with Crippen molar-refractivity contribution in [2.24, 2.45) is 5.92 Å². The van der Waals surface area contributed by atoms with Crippen molar-refractivity contribution in [3.63, 3.8) is 0 Å². The van der Waals surface area contributed by atoms with Gasteiger partial charge in [-0.25, -0.2) is 15.4 Å². The van der Waals surface area contributed by atoms with Gasteiger partial charge in [0, 0.05) is 37.1 Å². The van der Waals surface area contributed by atoms with Crippen LogP contribution in [0.5, 0.6) is 0 Å². The van der Waals surface area contributed by atoms with Crippen LogP contribution in [-0.2, 0) is 4.74 Å². The van der Waals surface area contributed by atoms with Gasteiger partial charge in [-0.3, -0.25) is 10.2 Å². The number of aromatic nitrogens is 2. The van der Waals surface area contributed by atoms with Gasteiger partial charge in [0.05, 0.1) is 18.3 Å². The molecule has 3 rings (SSSR count). The van der Waals surface area contributed by atoms with E-state index in [1.54, 1.807) is 0 Å². The van der Waals surface area contributed by atoms with Crippen LogP contribution in [0.4, 0.5) is 0 Å². The summed E-state index contributed by atoms with van der Waals surface area (Å²) in [7, 11) is 0. The van der Waals surface area contributed by atoms with Gasteiger partial charge >= 0.3 is 0 Å². The molecule has 2 aliphatic rings. The number of ether oxygens (including phenoxy) is 1. The molecular formula is C17H27N5O3. The van der Waals surface area contributed by atoms with E-state index in [4.69, 9.17) is 4.74 Å². The van der Waals surface area contributed by atoms with Gasteiger partial charge in [0.2, 0.25) is 0 Å². The Morgan fingerprint density at radius 2 is 2.04 bits per heavy atom. The van der Waals surface area contributed by atoms with Crippen molar-refractivity contribution in [3.05, 3.63) is 24.3 Å². The highest BCUT2D eigenvalue weighted by Crippen LogP contribution is 2.25. The van der Waals surface area contributed by atoms with Crippen LogP contribution in [0.3, 0.4) is 0 Å². The van der Waals surface area contributed by atoms with Crippen molar-refractivity contribution < 1.29 is 14.6 Å². The van der Waals surface area contributed by atoms with Crippen LogP contribution in [0.2, 0.25) is 0 Å². The van der Waals surface area contributed by atoms with Crippen LogP contribution < -0.4 is 16.2 Å². The van der Waals surface area contributed by atoms with Gasteiger partial charge in [-0.15, -0.1) is 0 Å². The van der Waals surface area contributed by atoms with E-state index in [9.17, 15) is 9.90 Å². The van der Waals surface area contributed by atoms with Crippen LogP contribution in [0, 0.1) is 5.92 Å². The quantitative estimate of drug-likeness (QED) is 0.555. The molecule has 2 fully saturated rings. The number of hydrogen-bond acceptors (Lipinski definition) is 7. The number of amides is 1. The summed E-state index contributed by atoms with van der Waals surface area (Å²) in [5, 5.41) is 13.7. The third kappa shape index (κ3) is 4.94. The number of rotatable bonds is 5. The van der Waals surface area contributed by atoms with E-state index < -0.39 is 0 Å². The molecule has 5 atom stereocenters. The van der Waals surface area contributed by atoms with Crippen molar-refractivity contribution in [2.45, 2.75) is 56.8 Å². The summed E-state index contributed by atoms with van der Waals surface area (Å²) >= 11 is 0. The topological polar surface area (TPSA) is 108 Å². The van der Waals surface area contributed by atoms with Gasteiger partial charge in [-0.05, 0) is 31.6 Å². The summed E-state index contributed by atoms with van der Waals surface area (Å²) in [6.07, 6.45) is 7.74. The summed E-state index contributed by atoms with van der Waals surface area (Å²) in [5.74, 6) is 0.106. The number of nitrogens with one attached hydrogen (secondary N) is 3. The second kappa shape index (κ2) is 8.66. The fourth-order valence-electron chi connectivity index (χ4n) is 3.47. The van der Waals surface area contributed by atoms with E-state index in [2.05, 4.69) is 33.1 Å². The number of carbonyl (C=O) groups is 1. The fourth-order valence-corrected chi connectivity index (χ4v) is 3.47. The maximum atomic E-state index is 12.1. The van der Waals surface area contributed by atoms with Crippen LogP contribution in [0.15, 0.2) is 18.7 Å².